The normalized spacial score (nSPS) is 16.2. The molecule has 0 atom stereocenters. The van der Waals surface area contributed by atoms with Crippen LogP contribution in [0.2, 0.25) is 0 Å². The summed E-state index contributed by atoms with van der Waals surface area (Å²) < 4.78 is 14.1. The number of nitrogens with zero attached hydrogens (tertiary/aromatic N) is 1. The summed E-state index contributed by atoms with van der Waals surface area (Å²) in [5, 5.41) is 9.02. The van der Waals surface area contributed by atoms with Crippen molar-refractivity contribution in [1.29, 1.82) is 0 Å². The molecular weight excluding hydrogens is 313 g/mol. The first-order valence-electron chi connectivity index (χ1n) is 6.46. The molecule has 1 fully saturated rings. The average molecular weight is 330 g/mol. The summed E-state index contributed by atoms with van der Waals surface area (Å²) in [6.45, 7) is 0.475. The number of hydrogen-bond acceptors (Lipinski definition) is 2. The Balaban J connectivity index is 2.14. The summed E-state index contributed by atoms with van der Waals surface area (Å²) in [5.41, 5.74) is 0.799. The first-order valence-corrected chi connectivity index (χ1v) is 7.25. The van der Waals surface area contributed by atoms with E-state index in [-0.39, 0.29) is 12.4 Å². The van der Waals surface area contributed by atoms with Crippen molar-refractivity contribution in [2.75, 3.05) is 6.54 Å². The fourth-order valence-electron chi connectivity index (χ4n) is 2.64. The van der Waals surface area contributed by atoms with Gasteiger partial charge in [0.05, 0.1) is 6.54 Å². The summed E-state index contributed by atoms with van der Waals surface area (Å²) >= 11 is 3.39. The molecule has 1 aliphatic carbocycles. The zero-order chi connectivity index (χ0) is 13.8. The molecule has 0 spiro atoms. The molecule has 0 aromatic heterocycles. The Morgan fingerprint density at radius 1 is 1.42 bits per heavy atom. The Morgan fingerprint density at radius 2 is 2.11 bits per heavy atom. The maximum Gasteiger partial charge on any atom is 0.317 e. The summed E-state index contributed by atoms with van der Waals surface area (Å²) in [4.78, 5) is 12.9. The van der Waals surface area contributed by atoms with E-state index in [0.29, 0.717) is 12.6 Å². The van der Waals surface area contributed by atoms with Crippen LogP contribution in [0.15, 0.2) is 22.7 Å². The van der Waals surface area contributed by atoms with Crippen molar-refractivity contribution in [3.63, 3.8) is 0 Å². The van der Waals surface area contributed by atoms with Gasteiger partial charge in [-0.05, 0) is 36.6 Å². The predicted molar refractivity (Wildman–Crippen MR) is 74.4 cm³/mol. The SMILES string of the molecule is O=C(O)CN(Cc1cc(F)ccc1Br)C1CCCC1. The van der Waals surface area contributed by atoms with E-state index in [4.69, 9.17) is 5.11 Å². The van der Waals surface area contributed by atoms with Gasteiger partial charge in [0.2, 0.25) is 0 Å². The van der Waals surface area contributed by atoms with Crippen LogP contribution < -0.4 is 0 Å². The molecule has 1 N–H and O–H groups in total. The van der Waals surface area contributed by atoms with Gasteiger partial charge in [-0.15, -0.1) is 0 Å². The van der Waals surface area contributed by atoms with E-state index in [9.17, 15) is 9.18 Å². The Labute approximate surface area is 120 Å². The van der Waals surface area contributed by atoms with Gasteiger partial charge in [-0.3, -0.25) is 9.69 Å². The minimum Gasteiger partial charge on any atom is -0.480 e. The average Bonchev–Trinajstić information content (AvgIpc) is 2.86. The molecule has 0 aliphatic heterocycles. The maximum absolute atomic E-state index is 13.3. The van der Waals surface area contributed by atoms with Crippen molar-refractivity contribution in [3.8, 4) is 0 Å². The largest absolute Gasteiger partial charge is 0.480 e. The van der Waals surface area contributed by atoms with Gasteiger partial charge < -0.3 is 5.11 Å². The lowest BCUT2D eigenvalue weighted by Gasteiger charge is -2.27. The number of hydrogen-bond donors (Lipinski definition) is 1. The minimum absolute atomic E-state index is 0.00756. The molecule has 104 valence electrons. The van der Waals surface area contributed by atoms with Crippen molar-refractivity contribution in [3.05, 3.63) is 34.1 Å². The maximum atomic E-state index is 13.3. The van der Waals surface area contributed by atoms with Crippen LogP contribution in [0.25, 0.3) is 0 Å². The lowest BCUT2D eigenvalue weighted by molar-refractivity contribution is -0.139. The van der Waals surface area contributed by atoms with Crippen LogP contribution in [0.5, 0.6) is 0 Å². The highest BCUT2D eigenvalue weighted by molar-refractivity contribution is 9.10. The molecular formula is C14H17BrFNO2. The van der Waals surface area contributed by atoms with E-state index >= 15 is 0 Å². The van der Waals surface area contributed by atoms with Gasteiger partial charge in [-0.25, -0.2) is 4.39 Å². The molecule has 0 heterocycles. The molecule has 0 radical (unpaired) electrons. The molecule has 2 rings (SSSR count). The number of benzene rings is 1. The van der Waals surface area contributed by atoms with Gasteiger partial charge >= 0.3 is 5.97 Å². The fraction of sp³-hybridized carbons (Fsp3) is 0.500. The summed E-state index contributed by atoms with van der Waals surface area (Å²) in [7, 11) is 0. The van der Waals surface area contributed by atoms with Crippen LogP contribution in [-0.2, 0) is 11.3 Å². The van der Waals surface area contributed by atoms with E-state index < -0.39 is 5.97 Å². The topological polar surface area (TPSA) is 40.5 Å². The van der Waals surface area contributed by atoms with Gasteiger partial charge in [0.15, 0.2) is 0 Å². The summed E-state index contributed by atoms with van der Waals surface area (Å²) in [5.74, 6) is -1.13. The first-order chi connectivity index (χ1) is 9.06. The molecule has 0 saturated heterocycles. The van der Waals surface area contributed by atoms with Crippen LogP contribution in [0, 0.1) is 5.82 Å². The third kappa shape index (κ3) is 4.01. The van der Waals surface area contributed by atoms with Crippen molar-refractivity contribution in [2.45, 2.75) is 38.3 Å². The van der Waals surface area contributed by atoms with Crippen molar-refractivity contribution in [1.82, 2.24) is 4.90 Å². The zero-order valence-electron chi connectivity index (χ0n) is 10.6. The highest BCUT2D eigenvalue weighted by Gasteiger charge is 2.24. The fourth-order valence-corrected chi connectivity index (χ4v) is 3.01. The molecule has 5 heteroatoms. The monoisotopic (exact) mass is 329 g/mol. The van der Waals surface area contributed by atoms with E-state index in [1.165, 1.54) is 12.1 Å². The van der Waals surface area contributed by atoms with Crippen LogP contribution in [-0.4, -0.2) is 28.6 Å². The van der Waals surface area contributed by atoms with Crippen LogP contribution in [0.4, 0.5) is 4.39 Å². The number of aliphatic carboxylic acids is 1. The number of rotatable bonds is 5. The molecule has 0 bridgehead atoms. The lowest BCUT2D eigenvalue weighted by atomic mass is 10.1. The van der Waals surface area contributed by atoms with E-state index in [0.717, 1.165) is 35.7 Å². The van der Waals surface area contributed by atoms with Gasteiger partial charge in [0.25, 0.3) is 0 Å². The second-order valence-electron chi connectivity index (χ2n) is 4.97. The van der Waals surface area contributed by atoms with Gasteiger partial charge in [0.1, 0.15) is 5.82 Å². The standard InChI is InChI=1S/C14H17BrFNO2/c15-13-6-5-11(16)7-10(13)8-17(9-14(18)19)12-3-1-2-4-12/h5-7,12H,1-4,8-9H2,(H,18,19). The number of halogens is 2. The number of carboxylic acids is 1. The number of carboxylic acid groups (broad SMARTS) is 1. The second kappa shape index (κ2) is 6.48. The highest BCUT2D eigenvalue weighted by atomic mass is 79.9. The van der Waals surface area contributed by atoms with Crippen molar-refractivity contribution >= 4 is 21.9 Å². The van der Waals surface area contributed by atoms with Gasteiger partial charge in [-0.2, -0.15) is 0 Å². The molecule has 0 unspecified atom stereocenters. The summed E-state index contributed by atoms with van der Waals surface area (Å²) in [6, 6.07) is 4.82. The van der Waals surface area contributed by atoms with Crippen LogP contribution in [0.3, 0.4) is 0 Å². The first kappa shape index (κ1) is 14.5. The highest BCUT2D eigenvalue weighted by Crippen LogP contribution is 2.27. The Morgan fingerprint density at radius 3 is 2.74 bits per heavy atom. The molecule has 1 aromatic rings. The van der Waals surface area contributed by atoms with Crippen molar-refractivity contribution in [2.24, 2.45) is 0 Å². The Kier molecular flexibility index (Phi) is 4.93. The molecule has 0 amide bonds. The molecule has 1 saturated carbocycles. The van der Waals surface area contributed by atoms with Gasteiger partial charge in [-0.1, -0.05) is 28.8 Å². The molecule has 1 aromatic carbocycles. The van der Waals surface area contributed by atoms with Crippen LogP contribution >= 0.6 is 15.9 Å². The Bertz CT molecular complexity index is 461. The van der Waals surface area contributed by atoms with E-state index in [2.05, 4.69) is 15.9 Å². The summed E-state index contributed by atoms with van der Waals surface area (Å²) in [6.07, 6.45) is 4.34. The second-order valence-corrected chi connectivity index (χ2v) is 5.83. The van der Waals surface area contributed by atoms with Crippen LogP contribution in [0.1, 0.15) is 31.2 Å². The molecule has 1 aliphatic rings. The minimum atomic E-state index is -0.834. The molecule has 3 nitrogen and oxygen atoms in total. The Hall–Kier alpha value is -0.940. The predicted octanol–water partition coefficient (Wildman–Crippen LogP) is 3.42. The molecule has 19 heavy (non-hydrogen) atoms. The van der Waals surface area contributed by atoms with E-state index in [1.807, 2.05) is 4.90 Å². The smallest absolute Gasteiger partial charge is 0.317 e. The quantitative estimate of drug-likeness (QED) is 0.899. The third-order valence-electron chi connectivity index (χ3n) is 3.56. The van der Waals surface area contributed by atoms with E-state index in [1.54, 1.807) is 6.07 Å². The van der Waals surface area contributed by atoms with Gasteiger partial charge in [0, 0.05) is 17.1 Å². The lowest BCUT2D eigenvalue weighted by Crippen LogP contribution is -2.37. The third-order valence-corrected chi connectivity index (χ3v) is 4.33. The number of carbonyl (C=O) groups is 1. The van der Waals surface area contributed by atoms with Crippen molar-refractivity contribution < 1.29 is 14.3 Å². The zero-order valence-corrected chi connectivity index (χ0v) is 12.2.